The molecular formula is C14H24N4O. The first-order valence-electron chi connectivity index (χ1n) is 6.95. The number of ether oxygens (including phenoxy) is 1. The highest BCUT2D eigenvalue weighted by Gasteiger charge is 2.31. The summed E-state index contributed by atoms with van der Waals surface area (Å²) in [6.07, 6.45) is 8.06. The second-order valence-electron chi connectivity index (χ2n) is 5.18. The van der Waals surface area contributed by atoms with Crippen molar-refractivity contribution < 1.29 is 4.74 Å². The van der Waals surface area contributed by atoms with E-state index in [0.29, 0.717) is 12.7 Å². The van der Waals surface area contributed by atoms with Crippen LogP contribution in [0.15, 0.2) is 29.4 Å². The molecule has 1 fully saturated rings. The molecule has 0 aromatic carbocycles. The van der Waals surface area contributed by atoms with Crippen molar-refractivity contribution in [3.05, 3.63) is 24.4 Å². The molecule has 5 nitrogen and oxygen atoms in total. The first kappa shape index (κ1) is 14.2. The third-order valence-electron chi connectivity index (χ3n) is 3.25. The van der Waals surface area contributed by atoms with Crippen LogP contribution in [-0.4, -0.2) is 42.8 Å². The topological polar surface area (TPSA) is 48.9 Å². The van der Waals surface area contributed by atoms with E-state index in [0.717, 1.165) is 25.1 Å². The standard InChI is InChI=1S/C14H24N4O/c1-4-5-12-8-15-10-17-18(12)14-7-6-13(19-14)9-16-11(2)3/h4-5,8,11,13-14,16-17H,1,6-7,9-10H2,2-3H3/b12-5-. The average molecular weight is 264 g/mol. The fourth-order valence-corrected chi connectivity index (χ4v) is 2.32. The van der Waals surface area contributed by atoms with E-state index in [4.69, 9.17) is 4.74 Å². The Morgan fingerprint density at radius 3 is 3.21 bits per heavy atom. The summed E-state index contributed by atoms with van der Waals surface area (Å²) in [6, 6.07) is 0.499. The van der Waals surface area contributed by atoms with E-state index in [1.54, 1.807) is 6.08 Å². The first-order chi connectivity index (χ1) is 9.20. The van der Waals surface area contributed by atoms with Crippen LogP contribution >= 0.6 is 0 Å². The molecule has 0 aliphatic carbocycles. The molecule has 2 aliphatic rings. The van der Waals surface area contributed by atoms with Gasteiger partial charge in [0.2, 0.25) is 0 Å². The molecule has 2 rings (SSSR count). The van der Waals surface area contributed by atoms with Crippen molar-refractivity contribution in [2.45, 2.75) is 45.1 Å². The van der Waals surface area contributed by atoms with E-state index in [1.807, 2.05) is 12.3 Å². The minimum Gasteiger partial charge on any atom is -0.352 e. The van der Waals surface area contributed by atoms with E-state index in [2.05, 4.69) is 41.2 Å². The average Bonchev–Trinajstić information content (AvgIpc) is 2.86. The Morgan fingerprint density at radius 2 is 2.47 bits per heavy atom. The number of rotatable bonds is 5. The van der Waals surface area contributed by atoms with Crippen LogP contribution in [0.1, 0.15) is 26.7 Å². The molecule has 2 N–H and O–H groups in total. The molecule has 5 heteroatoms. The number of hydrogen-bond acceptors (Lipinski definition) is 5. The number of aliphatic imine (C=N–C) groups is 1. The van der Waals surface area contributed by atoms with Gasteiger partial charge in [-0.15, -0.1) is 0 Å². The van der Waals surface area contributed by atoms with Gasteiger partial charge < -0.3 is 10.1 Å². The lowest BCUT2D eigenvalue weighted by Gasteiger charge is -2.33. The normalized spacial score (nSPS) is 29.4. The van der Waals surface area contributed by atoms with Crippen LogP contribution in [0.3, 0.4) is 0 Å². The maximum absolute atomic E-state index is 6.09. The summed E-state index contributed by atoms with van der Waals surface area (Å²) in [7, 11) is 0. The Labute approximate surface area is 115 Å². The van der Waals surface area contributed by atoms with Crippen molar-refractivity contribution in [1.82, 2.24) is 15.8 Å². The molecule has 106 valence electrons. The maximum atomic E-state index is 6.09. The van der Waals surface area contributed by atoms with Crippen molar-refractivity contribution in [3.63, 3.8) is 0 Å². The summed E-state index contributed by atoms with van der Waals surface area (Å²) >= 11 is 0. The van der Waals surface area contributed by atoms with E-state index < -0.39 is 0 Å². The smallest absolute Gasteiger partial charge is 0.144 e. The van der Waals surface area contributed by atoms with Gasteiger partial charge in [-0.3, -0.25) is 10.0 Å². The molecule has 0 amide bonds. The quantitative estimate of drug-likeness (QED) is 0.788. The van der Waals surface area contributed by atoms with Crippen LogP contribution in [0.2, 0.25) is 0 Å². The van der Waals surface area contributed by atoms with Gasteiger partial charge in [0, 0.05) is 18.8 Å². The molecule has 2 atom stereocenters. The fraction of sp³-hybridized carbons (Fsp3) is 0.643. The Morgan fingerprint density at radius 1 is 1.63 bits per heavy atom. The number of hydrazine groups is 1. The van der Waals surface area contributed by atoms with E-state index in [1.165, 1.54) is 0 Å². The minimum absolute atomic E-state index is 0.0805. The molecule has 1 saturated heterocycles. The summed E-state index contributed by atoms with van der Waals surface area (Å²) < 4.78 is 6.09. The van der Waals surface area contributed by atoms with Crippen molar-refractivity contribution in [1.29, 1.82) is 0 Å². The zero-order valence-electron chi connectivity index (χ0n) is 11.8. The maximum Gasteiger partial charge on any atom is 0.144 e. The van der Waals surface area contributed by atoms with Crippen molar-refractivity contribution in [2.24, 2.45) is 4.99 Å². The second-order valence-corrected chi connectivity index (χ2v) is 5.18. The van der Waals surface area contributed by atoms with Crippen LogP contribution in [0.4, 0.5) is 0 Å². The Hall–Kier alpha value is -1.17. The molecule has 2 heterocycles. The van der Waals surface area contributed by atoms with Gasteiger partial charge in [-0.05, 0) is 18.9 Å². The Bertz CT molecular complexity index is 364. The number of allylic oxidation sites excluding steroid dienone is 3. The SMILES string of the molecule is C=C/C=C1/C=NCNN1C1CCC(CNC(C)C)O1. The molecule has 2 aliphatic heterocycles. The van der Waals surface area contributed by atoms with Crippen LogP contribution in [0, 0.1) is 0 Å². The molecular weight excluding hydrogens is 240 g/mol. The van der Waals surface area contributed by atoms with Gasteiger partial charge in [-0.25, -0.2) is 5.43 Å². The Balaban J connectivity index is 1.90. The van der Waals surface area contributed by atoms with Gasteiger partial charge in [0.25, 0.3) is 0 Å². The van der Waals surface area contributed by atoms with Crippen molar-refractivity contribution >= 4 is 6.21 Å². The predicted molar refractivity (Wildman–Crippen MR) is 77.6 cm³/mol. The molecule has 0 bridgehead atoms. The predicted octanol–water partition coefficient (Wildman–Crippen LogP) is 1.41. The summed E-state index contributed by atoms with van der Waals surface area (Å²) in [5, 5.41) is 5.49. The molecule has 19 heavy (non-hydrogen) atoms. The highest BCUT2D eigenvalue weighted by molar-refractivity contribution is 5.78. The molecule has 0 saturated carbocycles. The van der Waals surface area contributed by atoms with E-state index in [9.17, 15) is 0 Å². The third kappa shape index (κ3) is 3.89. The molecule has 0 radical (unpaired) electrons. The number of nitrogens with one attached hydrogen (secondary N) is 2. The van der Waals surface area contributed by atoms with Gasteiger partial charge in [-0.1, -0.05) is 26.5 Å². The largest absolute Gasteiger partial charge is 0.352 e. The van der Waals surface area contributed by atoms with Crippen LogP contribution in [-0.2, 0) is 4.74 Å². The first-order valence-corrected chi connectivity index (χ1v) is 6.95. The molecule has 0 aromatic heterocycles. The minimum atomic E-state index is 0.0805. The van der Waals surface area contributed by atoms with Crippen molar-refractivity contribution in [3.8, 4) is 0 Å². The van der Waals surface area contributed by atoms with Crippen LogP contribution in [0.25, 0.3) is 0 Å². The number of nitrogens with zero attached hydrogens (tertiary/aromatic N) is 2. The lowest BCUT2D eigenvalue weighted by Crippen LogP contribution is -2.48. The van der Waals surface area contributed by atoms with E-state index >= 15 is 0 Å². The monoisotopic (exact) mass is 264 g/mol. The molecule has 0 aromatic rings. The molecule has 0 spiro atoms. The van der Waals surface area contributed by atoms with Gasteiger partial charge in [0.1, 0.15) is 12.9 Å². The second kappa shape index (κ2) is 6.84. The summed E-state index contributed by atoms with van der Waals surface area (Å²) in [5.74, 6) is 0. The zero-order chi connectivity index (χ0) is 13.7. The lowest BCUT2D eigenvalue weighted by molar-refractivity contribution is -0.0573. The number of hydrogen-bond donors (Lipinski definition) is 2. The van der Waals surface area contributed by atoms with Gasteiger partial charge in [0.15, 0.2) is 0 Å². The fourth-order valence-electron chi connectivity index (χ4n) is 2.32. The van der Waals surface area contributed by atoms with Crippen molar-refractivity contribution in [2.75, 3.05) is 13.2 Å². The highest BCUT2D eigenvalue weighted by atomic mass is 16.5. The third-order valence-corrected chi connectivity index (χ3v) is 3.25. The molecule has 2 unspecified atom stereocenters. The summed E-state index contributed by atoms with van der Waals surface area (Å²) in [5.41, 5.74) is 4.26. The van der Waals surface area contributed by atoms with E-state index in [-0.39, 0.29) is 12.3 Å². The van der Waals surface area contributed by atoms with Gasteiger partial charge in [0.05, 0.1) is 11.8 Å². The van der Waals surface area contributed by atoms with Crippen LogP contribution < -0.4 is 10.7 Å². The Kier molecular flexibility index (Phi) is 5.13. The lowest BCUT2D eigenvalue weighted by atomic mass is 10.2. The summed E-state index contributed by atoms with van der Waals surface area (Å²) in [6.45, 7) is 9.56. The van der Waals surface area contributed by atoms with Crippen LogP contribution in [0.5, 0.6) is 0 Å². The zero-order valence-corrected chi connectivity index (χ0v) is 11.8. The van der Waals surface area contributed by atoms with Gasteiger partial charge in [-0.2, -0.15) is 0 Å². The highest BCUT2D eigenvalue weighted by Crippen LogP contribution is 2.24. The van der Waals surface area contributed by atoms with Gasteiger partial charge >= 0.3 is 0 Å². The summed E-state index contributed by atoms with van der Waals surface area (Å²) in [4.78, 5) is 4.22.